The van der Waals surface area contributed by atoms with Gasteiger partial charge in [-0.05, 0) is 48.7 Å². The lowest BCUT2D eigenvalue weighted by molar-refractivity contribution is 0.0716. The molecule has 3 rings (SSSR count). The summed E-state index contributed by atoms with van der Waals surface area (Å²) in [5.74, 6) is 1.26. The summed E-state index contributed by atoms with van der Waals surface area (Å²) in [4.78, 5) is 19.9. The number of hydrogen-bond acceptors (Lipinski definition) is 2. The van der Waals surface area contributed by atoms with Crippen molar-refractivity contribution in [3.8, 4) is 0 Å². The van der Waals surface area contributed by atoms with Gasteiger partial charge in [0.15, 0.2) is 0 Å². The lowest BCUT2D eigenvalue weighted by atomic mass is 10.1. The Hall–Kier alpha value is -1.85. The molecule has 0 spiro atoms. The summed E-state index contributed by atoms with van der Waals surface area (Å²) in [5.41, 5.74) is 2.60. The number of imidazole rings is 1. The highest BCUT2D eigenvalue weighted by Crippen LogP contribution is 2.23. The zero-order chi connectivity index (χ0) is 20.3. The van der Waals surface area contributed by atoms with E-state index in [4.69, 9.17) is 16.6 Å². The molecule has 3 aromatic rings. The number of aryl methyl sites for hydroxylation is 1. The molecule has 2 aromatic carbocycles. The minimum Gasteiger partial charge on any atom is -0.331 e. The predicted molar refractivity (Wildman–Crippen MR) is 119 cm³/mol. The van der Waals surface area contributed by atoms with Crippen LogP contribution >= 0.6 is 27.5 Å². The van der Waals surface area contributed by atoms with E-state index in [9.17, 15) is 4.79 Å². The van der Waals surface area contributed by atoms with Crippen molar-refractivity contribution >= 4 is 44.5 Å². The number of halogens is 2. The second-order valence-electron chi connectivity index (χ2n) is 7.40. The van der Waals surface area contributed by atoms with Crippen LogP contribution in [-0.4, -0.2) is 26.9 Å². The summed E-state index contributed by atoms with van der Waals surface area (Å²) in [5, 5.41) is 0.695. The monoisotopic (exact) mass is 461 g/mol. The van der Waals surface area contributed by atoms with E-state index in [2.05, 4.69) is 41.3 Å². The highest BCUT2D eigenvalue weighted by atomic mass is 79.9. The first kappa shape index (κ1) is 20.9. The van der Waals surface area contributed by atoms with E-state index in [-0.39, 0.29) is 5.91 Å². The van der Waals surface area contributed by atoms with Crippen molar-refractivity contribution in [2.24, 2.45) is 5.92 Å². The van der Waals surface area contributed by atoms with E-state index < -0.39 is 0 Å². The van der Waals surface area contributed by atoms with Crippen molar-refractivity contribution in [3.05, 3.63) is 63.3 Å². The van der Waals surface area contributed by atoms with Gasteiger partial charge >= 0.3 is 0 Å². The van der Waals surface area contributed by atoms with Crippen molar-refractivity contribution in [1.82, 2.24) is 14.5 Å². The largest absolute Gasteiger partial charge is 0.331 e. The molecule has 1 heterocycles. The van der Waals surface area contributed by atoms with Crippen molar-refractivity contribution in [2.75, 3.05) is 6.54 Å². The number of nitrogens with zero attached hydrogens (tertiary/aromatic N) is 3. The normalized spacial score (nSPS) is 11.4. The molecule has 0 N–H and O–H groups in total. The Morgan fingerprint density at radius 3 is 2.71 bits per heavy atom. The van der Waals surface area contributed by atoms with Gasteiger partial charge in [0, 0.05) is 28.1 Å². The SMILES string of the molecule is CCCn1c(CN(CC(C)C)C(=O)c2cccc(Br)c2)nc2ccc(Cl)cc21. The van der Waals surface area contributed by atoms with Gasteiger partial charge in [-0.2, -0.15) is 0 Å². The van der Waals surface area contributed by atoms with Crippen LogP contribution in [0.4, 0.5) is 0 Å². The molecule has 0 saturated carbocycles. The first-order chi connectivity index (χ1) is 13.4. The number of amides is 1. The molecule has 0 saturated heterocycles. The first-order valence-electron chi connectivity index (χ1n) is 9.58. The van der Waals surface area contributed by atoms with Crippen molar-refractivity contribution in [2.45, 2.75) is 40.3 Å². The Kier molecular flexibility index (Phi) is 6.78. The van der Waals surface area contributed by atoms with Crippen LogP contribution in [0.3, 0.4) is 0 Å². The van der Waals surface area contributed by atoms with Gasteiger partial charge in [0.25, 0.3) is 5.91 Å². The Bertz CT molecular complexity index is 983. The Labute approximate surface area is 179 Å². The van der Waals surface area contributed by atoms with Crippen LogP contribution < -0.4 is 0 Å². The summed E-state index contributed by atoms with van der Waals surface area (Å²) in [6, 6.07) is 13.3. The van der Waals surface area contributed by atoms with Gasteiger partial charge in [-0.15, -0.1) is 0 Å². The second kappa shape index (κ2) is 9.10. The van der Waals surface area contributed by atoms with Crippen LogP contribution in [0, 0.1) is 5.92 Å². The molecule has 28 heavy (non-hydrogen) atoms. The predicted octanol–water partition coefficient (Wildman–Crippen LogP) is 6.16. The topological polar surface area (TPSA) is 38.1 Å². The average Bonchev–Trinajstić information content (AvgIpc) is 2.97. The van der Waals surface area contributed by atoms with Gasteiger partial charge in [0.2, 0.25) is 0 Å². The summed E-state index contributed by atoms with van der Waals surface area (Å²) < 4.78 is 3.08. The first-order valence-corrected chi connectivity index (χ1v) is 10.8. The molecule has 0 radical (unpaired) electrons. The van der Waals surface area contributed by atoms with Crippen LogP contribution in [0.1, 0.15) is 43.4 Å². The maximum atomic E-state index is 13.2. The Morgan fingerprint density at radius 2 is 2.04 bits per heavy atom. The molecule has 0 aliphatic heterocycles. The Balaban J connectivity index is 1.98. The minimum atomic E-state index is 0.0168. The fraction of sp³-hybridized carbons (Fsp3) is 0.364. The fourth-order valence-electron chi connectivity index (χ4n) is 3.37. The number of carbonyl (C=O) groups is 1. The lowest BCUT2D eigenvalue weighted by Crippen LogP contribution is -2.34. The molecule has 1 aromatic heterocycles. The number of carbonyl (C=O) groups excluding carboxylic acids is 1. The number of rotatable bonds is 7. The van der Waals surface area contributed by atoms with Crippen LogP contribution in [0.5, 0.6) is 0 Å². The van der Waals surface area contributed by atoms with Gasteiger partial charge in [-0.1, -0.05) is 54.4 Å². The molecule has 0 atom stereocenters. The van der Waals surface area contributed by atoms with E-state index in [0.29, 0.717) is 29.6 Å². The molecule has 0 bridgehead atoms. The van der Waals surface area contributed by atoms with E-state index in [1.807, 2.05) is 47.4 Å². The summed E-state index contributed by atoms with van der Waals surface area (Å²) >= 11 is 9.67. The molecule has 0 aliphatic rings. The standard InChI is InChI=1S/C22H25BrClN3O/c1-4-10-27-20-12-18(24)8-9-19(20)25-21(27)14-26(13-15(2)3)22(28)16-6-5-7-17(23)11-16/h5-9,11-12,15H,4,10,13-14H2,1-3H3. The molecule has 0 unspecified atom stereocenters. The fourth-order valence-corrected chi connectivity index (χ4v) is 3.94. The molecule has 6 heteroatoms. The molecular weight excluding hydrogens is 438 g/mol. The highest BCUT2D eigenvalue weighted by molar-refractivity contribution is 9.10. The summed E-state index contributed by atoms with van der Waals surface area (Å²) in [6.07, 6.45) is 0.981. The van der Waals surface area contributed by atoms with Crippen LogP contribution in [0.25, 0.3) is 11.0 Å². The molecule has 0 aliphatic carbocycles. The van der Waals surface area contributed by atoms with Crippen LogP contribution in [0.2, 0.25) is 5.02 Å². The molecule has 0 fully saturated rings. The number of hydrogen-bond donors (Lipinski definition) is 0. The van der Waals surface area contributed by atoms with E-state index >= 15 is 0 Å². The number of aromatic nitrogens is 2. The van der Waals surface area contributed by atoms with Gasteiger partial charge in [-0.25, -0.2) is 4.98 Å². The molecule has 1 amide bonds. The molecule has 4 nitrogen and oxygen atoms in total. The van der Waals surface area contributed by atoms with Crippen molar-refractivity contribution < 1.29 is 4.79 Å². The lowest BCUT2D eigenvalue weighted by Gasteiger charge is -2.25. The van der Waals surface area contributed by atoms with E-state index in [0.717, 1.165) is 34.3 Å². The van der Waals surface area contributed by atoms with Crippen molar-refractivity contribution in [3.63, 3.8) is 0 Å². The molecular formula is C22H25BrClN3O. The number of benzene rings is 2. The third-order valence-electron chi connectivity index (χ3n) is 4.51. The van der Waals surface area contributed by atoms with E-state index in [1.54, 1.807) is 0 Å². The zero-order valence-electron chi connectivity index (χ0n) is 16.5. The number of fused-ring (bicyclic) bond motifs is 1. The summed E-state index contributed by atoms with van der Waals surface area (Å²) in [7, 11) is 0. The highest BCUT2D eigenvalue weighted by Gasteiger charge is 2.21. The van der Waals surface area contributed by atoms with Crippen molar-refractivity contribution in [1.29, 1.82) is 0 Å². The van der Waals surface area contributed by atoms with E-state index in [1.165, 1.54) is 0 Å². The minimum absolute atomic E-state index is 0.0168. The maximum absolute atomic E-state index is 13.2. The van der Waals surface area contributed by atoms with Crippen LogP contribution in [0.15, 0.2) is 46.9 Å². The van der Waals surface area contributed by atoms with Crippen LogP contribution in [-0.2, 0) is 13.1 Å². The third kappa shape index (κ3) is 4.76. The maximum Gasteiger partial charge on any atom is 0.254 e. The van der Waals surface area contributed by atoms with Gasteiger partial charge in [-0.3, -0.25) is 4.79 Å². The quantitative estimate of drug-likeness (QED) is 0.422. The summed E-state index contributed by atoms with van der Waals surface area (Å²) in [6.45, 7) is 8.36. The average molecular weight is 463 g/mol. The van der Waals surface area contributed by atoms with Gasteiger partial charge < -0.3 is 9.47 Å². The smallest absolute Gasteiger partial charge is 0.254 e. The molecule has 148 valence electrons. The Morgan fingerprint density at radius 1 is 1.25 bits per heavy atom. The third-order valence-corrected chi connectivity index (χ3v) is 5.24. The van der Waals surface area contributed by atoms with Gasteiger partial charge in [0.1, 0.15) is 5.82 Å². The zero-order valence-corrected chi connectivity index (χ0v) is 18.8. The second-order valence-corrected chi connectivity index (χ2v) is 8.75. The van der Waals surface area contributed by atoms with Gasteiger partial charge in [0.05, 0.1) is 17.6 Å².